The largest absolute Gasteiger partial charge is 0.448 e. The maximum atomic E-state index is 12.8. The van der Waals surface area contributed by atoms with Gasteiger partial charge in [-0.2, -0.15) is 0 Å². The third-order valence-electron chi connectivity index (χ3n) is 5.33. The first-order valence-corrected chi connectivity index (χ1v) is 9.75. The molecule has 6 heteroatoms. The molecular formula is C24H19N3O3. The number of para-hydroxylation sites is 1. The number of rotatable bonds is 4. The molecule has 0 spiro atoms. The highest BCUT2D eigenvalue weighted by Crippen LogP contribution is 2.25. The molecule has 2 aromatic heterocycles. The van der Waals surface area contributed by atoms with Crippen molar-refractivity contribution in [2.24, 2.45) is 0 Å². The van der Waals surface area contributed by atoms with Gasteiger partial charge in [0, 0.05) is 5.39 Å². The Morgan fingerprint density at radius 2 is 1.77 bits per heavy atom. The van der Waals surface area contributed by atoms with E-state index >= 15 is 0 Å². The minimum atomic E-state index is -0.371. The van der Waals surface area contributed by atoms with E-state index in [9.17, 15) is 9.59 Å². The van der Waals surface area contributed by atoms with E-state index in [0.717, 1.165) is 21.7 Å². The Balaban J connectivity index is 1.41. The van der Waals surface area contributed by atoms with Gasteiger partial charge in [-0.25, -0.2) is 4.98 Å². The first kappa shape index (κ1) is 18.1. The van der Waals surface area contributed by atoms with Gasteiger partial charge in [-0.05, 0) is 35.4 Å². The van der Waals surface area contributed by atoms with Crippen LogP contribution in [0.4, 0.5) is 0 Å². The van der Waals surface area contributed by atoms with Crippen LogP contribution in [0.15, 0.2) is 82.3 Å². The van der Waals surface area contributed by atoms with E-state index in [-0.39, 0.29) is 29.6 Å². The summed E-state index contributed by atoms with van der Waals surface area (Å²) >= 11 is 0. The number of nitrogens with one attached hydrogen (secondary N) is 1. The summed E-state index contributed by atoms with van der Waals surface area (Å²) < 4.78 is 6.95. The molecule has 30 heavy (non-hydrogen) atoms. The molecule has 0 saturated carbocycles. The molecule has 1 amide bonds. The number of fused-ring (bicyclic) bond motifs is 4. The van der Waals surface area contributed by atoms with Crippen LogP contribution in [-0.2, 0) is 11.3 Å². The maximum absolute atomic E-state index is 12.8. The van der Waals surface area contributed by atoms with Gasteiger partial charge in [0.25, 0.3) is 5.56 Å². The molecule has 0 aliphatic carbocycles. The smallest absolute Gasteiger partial charge is 0.297 e. The van der Waals surface area contributed by atoms with Crippen molar-refractivity contribution < 1.29 is 9.21 Å². The predicted octanol–water partition coefficient (Wildman–Crippen LogP) is 4.17. The number of hydrogen-bond acceptors (Lipinski definition) is 4. The fourth-order valence-electron chi connectivity index (χ4n) is 3.88. The van der Waals surface area contributed by atoms with Crippen LogP contribution in [0, 0.1) is 0 Å². The molecule has 3 aromatic carbocycles. The number of aromatic nitrogens is 2. The van der Waals surface area contributed by atoms with E-state index in [1.54, 1.807) is 6.07 Å². The average molecular weight is 397 g/mol. The zero-order valence-corrected chi connectivity index (χ0v) is 16.3. The van der Waals surface area contributed by atoms with E-state index in [0.29, 0.717) is 11.1 Å². The van der Waals surface area contributed by atoms with Gasteiger partial charge in [0.15, 0.2) is 0 Å². The van der Waals surface area contributed by atoms with Crippen LogP contribution >= 0.6 is 0 Å². The van der Waals surface area contributed by atoms with Crippen LogP contribution in [0.5, 0.6) is 0 Å². The van der Waals surface area contributed by atoms with Crippen molar-refractivity contribution in [2.75, 3.05) is 0 Å². The quantitative estimate of drug-likeness (QED) is 0.494. The molecule has 0 aliphatic rings. The molecular weight excluding hydrogens is 378 g/mol. The van der Waals surface area contributed by atoms with E-state index in [4.69, 9.17) is 4.42 Å². The van der Waals surface area contributed by atoms with Crippen LogP contribution < -0.4 is 10.9 Å². The Hall–Kier alpha value is -3.93. The molecule has 148 valence electrons. The van der Waals surface area contributed by atoms with E-state index < -0.39 is 0 Å². The summed E-state index contributed by atoms with van der Waals surface area (Å²) in [5, 5.41) is 5.98. The van der Waals surface area contributed by atoms with Crippen LogP contribution in [0.2, 0.25) is 0 Å². The van der Waals surface area contributed by atoms with Crippen LogP contribution in [0.3, 0.4) is 0 Å². The third kappa shape index (κ3) is 3.03. The van der Waals surface area contributed by atoms with Crippen molar-refractivity contribution in [1.82, 2.24) is 14.9 Å². The highest BCUT2D eigenvalue weighted by Gasteiger charge is 2.16. The third-order valence-corrected chi connectivity index (χ3v) is 5.33. The zero-order chi connectivity index (χ0) is 20.7. The molecule has 0 saturated heterocycles. The minimum Gasteiger partial charge on any atom is -0.448 e. The first-order valence-electron chi connectivity index (χ1n) is 9.75. The fourth-order valence-corrected chi connectivity index (χ4v) is 3.88. The fraction of sp³-hybridized carbons (Fsp3) is 0.125. The maximum Gasteiger partial charge on any atom is 0.297 e. The van der Waals surface area contributed by atoms with Gasteiger partial charge in [0.1, 0.15) is 17.6 Å². The molecule has 0 fully saturated rings. The second-order valence-corrected chi connectivity index (χ2v) is 7.31. The molecule has 6 nitrogen and oxygen atoms in total. The number of carbonyl (C=O) groups is 1. The lowest BCUT2D eigenvalue weighted by Gasteiger charge is -2.17. The number of carbonyl (C=O) groups excluding carboxylic acids is 1. The van der Waals surface area contributed by atoms with Gasteiger partial charge in [0.2, 0.25) is 11.5 Å². The summed E-state index contributed by atoms with van der Waals surface area (Å²) in [6.07, 6.45) is 1.40. The van der Waals surface area contributed by atoms with Crippen LogP contribution in [0.25, 0.3) is 32.8 Å². The van der Waals surface area contributed by atoms with E-state index in [2.05, 4.69) is 10.3 Å². The van der Waals surface area contributed by atoms with Gasteiger partial charge < -0.3 is 9.73 Å². The van der Waals surface area contributed by atoms with Gasteiger partial charge in [0.05, 0.1) is 12.4 Å². The highest BCUT2D eigenvalue weighted by atomic mass is 16.3. The number of hydrogen-bond donors (Lipinski definition) is 1. The van der Waals surface area contributed by atoms with Crippen LogP contribution in [0.1, 0.15) is 18.5 Å². The Bertz CT molecular complexity index is 1460. The molecule has 5 rings (SSSR count). The molecule has 5 aromatic rings. The molecule has 2 heterocycles. The second-order valence-electron chi connectivity index (χ2n) is 7.31. The normalized spacial score (nSPS) is 12.4. The average Bonchev–Trinajstić information content (AvgIpc) is 3.15. The second kappa shape index (κ2) is 7.15. The first-order chi connectivity index (χ1) is 14.6. The summed E-state index contributed by atoms with van der Waals surface area (Å²) in [5.41, 5.74) is 1.93. The monoisotopic (exact) mass is 397 g/mol. The number of furan rings is 1. The van der Waals surface area contributed by atoms with Crippen molar-refractivity contribution in [3.63, 3.8) is 0 Å². The topological polar surface area (TPSA) is 77.1 Å². The summed E-state index contributed by atoms with van der Waals surface area (Å²) in [6, 6.07) is 21.2. The van der Waals surface area contributed by atoms with Gasteiger partial charge in [-0.3, -0.25) is 14.2 Å². The molecule has 0 aliphatic heterocycles. The molecule has 1 N–H and O–H groups in total. The van der Waals surface area contributed by atoms with E-state index in [1.165, 1.54) is 10.9 Å². The minimum absolute atomic E-state index is 0.131. The Morgan fingerprint density at radius 1 is 1.03 bits per heavy atom. The summed E-state index contributed by atoms with van der Waals surface area (Å²) in [7, 11) is 0. The number of nitrogens with zero attached hydrogens (tertiary/aromatic N) is 2. The highest BCUT2D eigenvalue weighted by molar-refractivity contribution is 6.01. The lowest BCUT2D eigenvalue weighted by Crippen LogP contribution is -2.33. The van der Waals surface area contributed by atoms with E-state index in [1.807, 2.05) is 67.6 Å². The summed E-state index contributed by atoms with van der Waals surface area (Å²) in [6.45, 7) is 1.80. The standard InChI is InChI=1S/C24H19N3O3/c1-15(17-11-6-8-16-7-2-3-9-18(16)17)26-21(28)13-27-14-25-22-19-10-4-5-12-20(19)30-23(22)24(27)29/h2-12,14-15H,13H2,1H3,(H,26,28)/t15-/m1/s1. The Labute approximate surface area is 171 Å². The predicted molar refractivity (Wildman–Crippen MR) is 116 cm³/mol. The summed E-state index contributed by atoms with van der Waals surface area (Å²) in [5.74, 6) is -0.269. The van der Waals surface area contributed by atoms with Crippen molar-refractivity contribution in [3.8, 4) is 0 Å². The van der Waals surface area contributed by atoms with Gasteiger partial charge in [-0.15, -0.1) is 0 Å². The lowest BCUT2D eigenvalue weighted by atomic mass is 10.00. The van der Waals surface area contributed by atoms with Crippen molar-refractivity contribution in [3.05, 3.63) is 89.0 Å². The lowest BCUT2D eigenvalue weighted by molar-refractivity contribution is -0.122. The van der Waals surface area contributed by atoms with Gasteiger partial charge >= 0.3 is 0 Å². The molecule has 0 radical (unpaired) electrons. The molecule has 1 atom stereocenters. The summed E-state index contributed by atoms with van der Waals surface area (Å²) in [4.78, 5) is 29.8. The Kier molecular flexibility index (Phi) is 4.32. The number of amides is 1. The van der Waals surface area contributed by atoms with Crippen molar-refractivity contribution in [1.29, 1.82) is 0 Å². The van der Waals surface area contributed by atoms with Gasteiger partial charge in [-0.1, -0.05) is 54.6 Å². The van der Waals surface area contributed by atoms with Crippen molar-refractivity contribution >= 4 is 38.7 Å². The molecule has 0 bridgehead atoms. The zero-order valence-electron chi connectivity index (χ0n) is 16.3. The molecule has 0 unspecified atom stereocenters. The number of benzene rings is 3. The van der Waals surface area contributed by atoms with Crippen LogP contribution in [-0.4, -0.2) is 15.5 Å². The SMILES string of the molecule is C[C@@H](NC(=O)Cn1cnc2c(oc3ccccc32)c1=O)c1cccc2ccccc12. The van der Waals surface area contributed by atoms with Crippen molar-refractivity contribution in [2.45, 2.75) is 19.5 Å². The Morgan fingerprint density at radius 3 is 2.63 bits per heavy atom.